The van der Waals surface area contributed by atoms with E-state index in [4.69, 9.17) is 9.47 Å². The van der Waals surface area contributed by atoms with E-state index >= 15 is 0 Å². The van der Waals surface area contributed by atoms with E-state index in [2.05, 4.69) is 5.32 Å². The first-order valence-electron chi connectivity index (χ1n) is 12.2. The van der Waals surface area contributed by atoms with Gasteiger partial charge in [-0.05, 0) is 67.5 Å². The Morgan fingerprint density at radius 1 is 0.971 bits per heavy atom. The number of methoxy groups -OCH3 is 1. The molecule has 2 aromatic carbocycles. The Morgan fingerprint density at radius 2 is 1.69 bits per heavy atom. The molecular formula is C27H33N3O5. The molecular weight excluding hydrogens is 446 g/mol. The zero-order valence-corrected chi connectivity index (χ0v) is 20.4. The molecule has 2 fully saturated rings. The highest BCUT2D eigenvalue weighted by Gasteiger charge is 2.42. The van der Waals surface area contributed by atoms with Gasteiger partial charge in [-0.2, -0.15) is 0 Å². The number of likely N-dealkylation sites (tertiary alicyclic amines) is 2. The summed E-state index contributed by atoms with van der Waals surface area (Å²) in [6, 6.07) is 14.2. The molecule has 8 heteroatoms. The van der Waals surface area contributed by atoms with E-state index in [1.807, 2.05) is 34.1 Å². The Morgan fingerprint density at radius 3 is 2.40 bits per heavy atom. The highest BCUT2D eigenvalue weighted by Crippen LogP contribution is 2.40. The zero-order valence-electron chi connectivity index (χ0n) is 20.4. The van der Waals surface area contributed by atoms with Crippen molar-refractivity contribution in [1.29, 1.82) is 0 Å². The second-order valence-corrected chi connectivity index (χ2v) is 9.31. The Bertz CT molecular complexity index is 1080. The van der Waals surface area contributed by atoms with E-state index < -0.39 is 5.97 Å². The van der Waals surface area contributed by atoms with Crippen LogP contribution in [0.2, 0.25) is 0 Å². The lowest BCUT2D eigenvalue weighted by molar-refractivity contribution is -0.132. The molecule has 2 aliphatic heterocycles. The van der Waals surface area contributed by atoms with Crippen molar-refractivity contribution in [3.8, 4) is 5.75 Å². The van der Waals surface area contributed by atoms with Crippen molar-refractivity contribution in [1.82, 2.24) is 9.80 Å². The molecule has 186 valence electrons. The fourth-order valence-electron chi connectivity index (χ4n) is 4.96. The second kappa shape index (κ2) is 10.8. The number of ether oxygens (including phenoxy) is 2. The van der Waals surface area contributed by atoms with Gasteiger partial charge < -0.3 is 24.6 Å². The summed E-state index contributed by atoms with van der Waals surface area (Å²) >= 11 is 0. The van der Waals surface area contributed by atoms with Crippen LogP contribution in [-0.4, -0.2) is 67.6 Å². The van der Waals surface area contributed by atoms with Gasteiger partial charge >= 0.3 is 12.0 Å². The summed E-state index contributed by atoms with van der Waals surface area (Å²) in [5.41, 5.74) is 1.98. The van der Waals surface area contributed by atoms with Crippen LogP contribution in [-0.2, 0) is 16.0 Å². The SMILES string of the molecule is CCOC(=O)c1cccc(NC(=O)N2CCC3(CCN(C(=O)Cc4cccc(OC)c4)CC3)C2)c1. The Balaban J connectivity index is 1.28. The van der Waals surface area contributed by atoms with Crippen LogP contribution in [0.4, 0.5) is 10.5 Å². The lowest BCUT2D eigenvalue weighted by Crippen LogP contribution is -2.45. The number of carbonyl (C=O) groups is 3. The third kappa shape index (κ3) is 5.93. The number of urea groups is 1. The van der Waals surface area contributed by atoms with Crippen LogP contribution in [0.1, 0.15) is 42.1 Å². The maximum atomic E-state index is 12.9. The number of nitrogens with zero attached hydrogens (tertiary/aromatic N) is 2. The van der Waals surface area contributed by atoms with Crippen molar-refractivity contribution in [2.75, 3.05) is 45.2 Å². The van der Waals surface area contributed by atoms with Crippen molar-refractivity contribution in [2.24, 2.45) is 5.41 Å². The standard InChI is InChI=1S/C27H33N3O5/c1-3-35-25(32)21-7-5-8-22(18-21)28-26(33)30-15-12-27(19-30)10-13-29(14-11-27)24(31)17-20-6-4-9-23(16-20)34-2/h4-9,16,18H,3,10-15,17,19H2,1-2H3,(H,28,33). The van der Waals surface area contributed by atoms with Crippen LogP contribution in [0.5, 0.6) is 5.75 Å². The summed E-state index contributed by atoms with van der Waals surface area (Å²) in [4.78, 5) is 41.5. The van der Waals surface area contributed by atoms with Gasteiger partial charge in [-0.3, -0.25) is 4.79 Å². The topological polar surface area (TPSA) is 88.2 Å². The molecule has 0 saturated carbocycles. The maximum Gasteiger partial charge on any atom is 0.338 e. The molecule has 0 atom stereocenters. The van der Waals surface area contributed by atoms with Gasteiger partial charge in [0.05, 0.1) is 25.7 Å². The molecule has 2 saturated heterocycles. The normalized spacial score (nSPS) is 16.7. The zero-order chi connectivity index (χ0) is 24.8. The predicted molar refractivity (Wildman–Crippen MR) is 133 cm³/mol. The lowest BCUT2D eigenvalue weighted by atomic mass is 9.77. The second-order valence-electron chi connectivity index (χ2n) is 9.31. The molecule has 0 unspecified atom stereocenters. The summed E-state index contributed by atoms with van der Waals surface area (Å²) in [7, 11) is 1.62. The smallest absolute Gasteiger partial charge is 0.338 e. The Labute approximate surface area is 206 Å². The van der Waals surface area contributed by atoms with Crippen molar-refractivity contribution >= 4 is 23.6 Å². The van der Waals surface area contributed by atoms with Gasteiger partial charge in [0, 0.05) is 31.9 Å². The fraction of sp³-hybridized carbons (Fsp3) is 0.444. The van der Waals surface area contributed by atoms with Crippen molar-refractivity contribution < 1.29 is 23.9 Å². The molecule has 3 amide bonds. The van der Waals surface area contributed by atoms with E-state index in [1.165, 1.54) is 0 Å². The first-order valence-corrected chi connectivity index (χ1v) is 12.2. The minimum absolute atomic E-state index is 0.0524. The summed E-state index contributed by atoms with van der Waals surface area (Å²) in [5.74, 6) is 0.475. The van der Waals surface area contributed by atoms with Crippen LogP contribution in [0.25, 0.3) is 0 Å². The monoisotopic (exact) mass is 479 g/mol. The number of carbonyl (C=O) groups excluding carboxylic acids is 3. The highest BCUT2D eigenvalue weighted by atomic mass is 16.5. The predicted octanol–water partition coefficient (Wildman–Crippen LogP) is 3.96. The number of amides is 3. The number of hydrogen-bond donors (Lipinski definition) is 1. The van der Waals surface area contributed by atoms with E-state index in [-0.39, 0.29) is 17.4 Å². The third-order valence-corrected chi connectivity index (χ3v) is 7.02. The number of rotatable bonds is 6. The number of benzene rings is 2. The van der Waals surface area contributed by atoms with Gasteiger partial charge in [-0.25, -0.2) is 9.59 Å². The molecule has 2 heterocycles. The number of nitrogens with one attached hydrogen (secondary N) is 1. The first kappa shape index (κ1) is 24.6. The molecule has 1 spiro atoms. The number of piperidine rings is 1. The van der Waals surface area contributed by atoms with Crippen molar-refractivity contribution in [3.05, 3.63) is 59.7 Å². The average Bonchev–Trinajstić information content (AvgIpc) is 3.28. The van der Waals surface area contributed by atoms with Gasteiger partial charge in [0.15, 0.2) is 0 Å². The summed E-state index contributed by atoms with van der Waals surface area (Å²) in [5, 5.41) is 2.91. The van der Waals surface area contributed by atoms with E-state index in [1.54, 1.807) is 38.3 Å². The molecule has 0 aromatic heterocycles. The number of hydrogen-bond acceptors (Lipinski definition) is 5. The highest BCUT2D eigenvalue weighted by molar-refractivity contribution is 5.94. The summed E-state index contributed by atoms with van der Waals surface area (Å²) < 4.78 is 10.3. The molecule has 0 radical (unpaired) electrons. The Kier molecular flexibility index (Phi) is 7.58. The van der Waals surface area contributed by atoms with Crippen molar-refractivity contribution in [2.45, 2.75) is 32.6 Å². The van der Waals surface area contributed by atoms with Crippen LogP contribution in [0, 0.1) is 5.41 Å². The summed E-state index contributed by atoms with van der Waals surface area (Å²) in [6.07, 6.45) is 3.07. The van der Waals surface area contributed by atoms with Crippen LogP contribution in [0.15, 0.2) is 48.5 Å². The maximum absolute atomic E-state index is 12.9. The first-order chi connectivity index (χ1) is 16.9. The largest absolute Gasteiger partial charge is 0.497 e. The summed E-state index contributed by atoms with van der Waals surface area (Å²) in [6.45, 7) is 4.83. The molecule has 8 nitrogen and oxygen atoms in total. The minimum atomic E-state index is -0.406. The van der Waals surface area contributed by atoms with E-state index in [0.717, 1.165) is 30.6 Å². The molecule has 2 aromatic rings. The van der Waals surface area contributed by atoms with Gasteiger partial charge in [0.2, 0.25) is 5.91 Å². The third-order valence-electron chi connectivity index (χ3n) is 7.02. The van der Waals surface area contributed by atoms with Crippen molar-refractivity contribution in [3.63, 3.8) is 0 Å². The fourth-order valence-corrected chi connectivity index (χ4v) is 4.96. The van der Waals surface area contributed by atoms with E-state index in [0.29, 0.717) is 50.5 Å². The van der Waals surface area contributed by atoms with Gasteiger partial charge in [-0.1, -0.05) is 18.2 Å². The van der Waals surface area contributed by atoms with Gasteiger partial charge in [0.25, 0.3) is 0 Å². The Hall–Kier alpha value is -3.55. The quantitative estimate of drug-likeness (QED) is 0.634. The molecule has 1 N–H and O–H groups in total. The van der Waals surface area contributed by atoms with Crippen LogP contribution in [0.3, 0.4) is 0 Å². The molecule has 35 heavy (non-hydrogen) atoms. The van der Waals surface area contributed by atoms with Crippen LogP contribution >= 0.6 is 0 Å². The average molecular weight is 480 g/mol. The molecule has 0 aliphatic carbocycles. The number of esters is 1. The van der Waals surface area contributed by atoms with Gasteiger partial charge in [-0.15, -0.1) is 0 Å². The molecule has 4 rings (SSSR count). The molecule has 0 bridgehead atoms. The van der Waals surface area contributed by atoms with Crippen LogP contribution < -0.4 is 10.1 Å². The number of anilines is 1. The van der Waals surface area contributed by atoms with Gasteiger partial charge in [0.1, 0.15) is 5.75 Å². The minimum Gasteiger partial charge on any atom is -0.497 e. The van der Waals surface area contributed by atoms with E-state index in [9.17, 15) is 14.4 Å². The molecule has 2 aliphatic rings. The lowest BCUT2D eigenvalue weighted by Gasteiger charge is -2.39.